The summed E-state index contributed by atoms with van der Waals surface area (Å²) in [6.45, 7) is 2.31. The molecule has 9 nitrogen and oxygen atoms in total. The number of hydrogen-bond donors (Lipinski definition) is 1. The van der Waals surface area contributed by atoms with Crippen LogP contribution in [0.2, 0.25) is 0 Å². The van der Waals surface area contributed by atoms with Crippen LogP contribution in [0.5, 0.6) is 0 Å². The fourth-order valence-electron chi connectivity index (χ4n) is 3.52. The zero-order chi connectivity index (χ0) is 21.5. The van der Waals surface area contributed by atoms with E-state index in [1.165, 1.54) is 6.07 Å². The van der Waals surface area contributed by atoms with Crippen LogP contribution in [0.3, 0.4) is 0 Å². The number of aromatic nitrogens is 2. The van der Waals surface area contributed by atoms with Crippen molar-refractivity contribution in [1.29, 1.82) is 0 Å². The Labute approximate surface area is 170 Å². The molecule has 0 saturated heterocycles. The summed E-state index contributed by atoms with van der Waals surface area (Å²) in [5.41, 5.74) is -4.24. The smallest absolute Gasteiger partial charge is 0.406 e. The van der Waals surface area contributed by atoms with Crippen LogP contribution >= 0.6 is 0 Å². The lowest BCUT2D eigenvalue weighted by molar-refractivity contribution is -0.0429. The molecule has 2 aliphatic rings. The minimum atomic E-state index is -5.63. The van der Waals surface area contributed by atoms with Gasteiger partial charge in [-0.15, -0.1) is 10.2 Å². The monoisotopic (exact) mass is 444 g/mol. The molecule has 0 radical (unpaired) electrons. The first kappa shape index (κ1) is 20.6. The quantitative estimate of drug-likeness (QED) is 0.686. The summed E-state index contributed by atoms with van der Waals surface area (Å²) < 4.78 is 69.1. The van der Waals surface area contributed by atoms with Crippen molar-refractivity contribution >= 4 is 33.1 Å². The molecule has 0 spiro atoms. The SMILES string of the molecule is Cc1nnc(N=Nc2cc3c(cc2NS(=O)(=O)C(F)(F)F)N(C2CCC2)CCC3)o1. The minimum Gasteiger partial charge on any atom is -0.406 e. The average Bonchev–Trinajstić information content (AvgIpc) is 3.03. The number of alkyl halides is 3. The second kappa shape index (κ2) is 7.52. The Morgan fingerprint density at radius 3 is 2.57 bits per heavy atom. The number of fused-ring (bicyclic) bond motifs is 1. The minimum absolute atomic E-state index is 0.0621. The predicted molar refractivity (Wildman–Crippen MR) is 102 cm³/mol. The molecule has 2 heterocycles. The van der Waals surface area contributed by atoms with Crippen molar-refractivity contribution in [1.82, 2.24) is 10.2 Å². The van der Waals surface area contributed by atoms with Gasteiger partial charge in [-0.1, -0.05) is 10.2 Å². The van der Waals surface area contributed by atoms with Gasteiger partial charge in [0, 0.05) is 25.2 Å². The van der Waals surface area contributed by atoms with Gasteiger partial charge in [0.25, 0.3) is 0 Å². The molecular formula is C17H19F3N6O3S. The number of nitrogens with one attached hydrogen (secondary N) is 1. The fourth-order valence-corrected chi connectivity index (χ4v) is 4.08. The number of anilines is 2. The molecule has 30 heavy (non-hydrogen) atoms. The lowest BCUT2D eigenvalue weighted by Gasteiger charge is -2.42. The summed E-state index contributed by atoms with van der Waals surface area (Å²) in [5, 5.41) is 14.9. The molecule has 4 rings (SSSR count). The maximum absolute atomic E-state index is 13.0. The zero-order valence-electron chi connectivity index (χ0n) is 16.0. The second-order valence-corrected chi connectivity index (χ2v) is 8.91. The molecule has 1 fully saturated rings. The first-order valence-electron chi connectivity index (χ1n) is 9.38. The molecule has 0 amide bonds. The number of halogens is 3. The summed E-state index contributed by atoms with van der Waals surface area (Å²) in [6.07, 6.45) is 4.69. The summed E-state index contributed by atoms with van der Waals surface area (Å²) in [5.74, 6) is 0.239. The summed E-state index contributed by atoms with van der Waals surface area (Å²) in [6, 6.07) is 3.08. The third kappa shape index (κ3) is 3.98. The largest absolute Gasteiger partial charge is 0.516 e. The van der Waals surface area contributed by atoms with Crippen LogP contribution < -0.4 is 9.62 Å². The van der Waals surface area contributed by atoms with Crippen molar-refractivity contribution in [3.8, 4) is 0 Å². The van der Waals surface area contributed by atoms with E-state index in [4.69, 9.17) is 4.42 Å². The van der Waals surface area contributed by atoms with Crippen LogP contribution in [-0.2, 0) is 16.4 Å². The van der Waals surface area contributed by atoms with E-state index in [0.29, 0.717) is 12.5 Å². The predicted octanol–water partition coefficient (Wildman–Crippen LogP) is 4.36. The molecule has 1 N–H and O–H groups in total. The molecule has 162 valence electrons. The van der Waals surface area contributed by atoms with Gasteiger partial charge < -0.3 is 9.32 Å². The van der Waals surface area contributed by atoms with Gasteiger partial charge >= 0.3 is 21.5 Å². The first-order valence-corrected chi connectivity index (χ1v) is 10.9. The molecule has 1 aromatic carbocycles. The Kier molecular flexibility index (Phi) is 5.16. The van der Waals surface area contributed by atoms with E-state index in [-0.39, 0.29) is 23.3 Å². The van der Waals surface area contributed by atoms with Crippen molar-refractivity contribution < 1.29 is 26.0 Å². The van der Waals surface area contributed by atoms with Crippen LogP contribution in [0.15, 0.2) is 26.8 Å². The Morgan fingerprint density at radius 2 is 1.97 bits per heavy atom. The maximum Gasteiger partial charge on any atom is 0.516 e. The van der Waals surface area contributed by atoms with E-state index in [9.17, 15) is 21.6 Å². The summed E-state index contributed by atoms with van der Waals surface area (Å²) >= 11 is 0. The molecule has 1 aliphatic heterocycles. The van der Waals surface area contributed by atoms with Gasteiger partial charge in [-0.2, -0.15) is 21.6 Å². The fraction of sp³-hybridized carbons (Fsp3) is 0.529. The number of rotatable bonds is 5. The lowest BCUT2D eigenvalue weighted by Crippen LogP contribution is -2.43. The molecule has 1 aromatic heterocycles. The molecule has 13 heteroatoms. The Bertz CT molecular complexity index is 1080. The zero-order valence-corrected chi connectivity index (χ0v) is 16.8. The van der Waals surface area contributed by atoms with E-state index < -0.39 is 15.5 Å². The highest BCUT2D eigenvalue weighted by molar-refractivity contribution is 7.93. The van der Waals surface area contributed by atoms with E-state index >= 15 is 0 Å². The molecule has 0 unspecified atom stereocenters. The Hall–Kier alpha value is -2.70. The van der Waals surface area contributed by atoms with Gasteiger partial charge in [0.15, 0.2) is 0 Å². The van der Waals surface area contributed by atoms with Crippen molar-refractivity contribution in [3.05, 3.63) is 23.6 Å². The topological polar surface area (TPSA) is 113 Å². The van der Waals surface area contributed by atoms with Gasteiger partial charge in [-0.25, -0.2) is 0 Å². The van der Waals surface area contributed by atoms with Crippen LogP contribution in [0.4, 0.5) is 36.2 Å². The van der Waals surface area contributed by atoms with E-state index in [2.05, 4.69) is 25.3 Å². The van der Waals surface area contributed by atoms with Crippen molar-refractivity contribution in [3.63, 3.8) is 0 Å². The molecule has 0 bridgehead atoms. The van der Waals surface area contributed by atoms with E-state index in [1.54, 1.807) is 17.7 Å². The van der Waals surface area contributed by atoms with Crippen LogP contribution in [0, 0.1) is 6.92 Å². The van der Waals surface area contributed by atoms with Gasteiger partial charge in [0.05, 0.1) is 5.69 Å². The molecule has 1 saturated carbocycles. The molecular weight excluding hydrogens is 425 g/mol. The number of aryl methyl sites for hydroxylation is 2. The molecule has 0 atom stereocenters. The Morgan fingerprint density at radius 1 is 1.20 bits per heavy atom. The third-order valence-corrected chi connectivity index (χ3v) is 6.27. The highest BCUT2D eigenvalue weighted by Gasteiger charge is 2.46. The number of nitrogens with zero attached hydrogens (tertiary/aromatic N) is 5. The number of azo groups is 1. The van der Waals surface area contributed by atoms with Gasteiger partial charge in [-0.05, 0) is 49.8 Å². The Balaban J connectivity index is 1.76. The molecule has 1 aliphatic carbocycles. The maximum atomic E-state index is 13.0. The van der Waals surface area contributed by atoms with E-state index in [0.717, 1.165) is 43.5 Å². The number of hydrogen-bond acceptors (Lipinski definition) is 8. The van der Waals surface area contributed by atoms with Gasteiger partial charge in [-0.3, -0.25) is 4.72 Å². The first-order chi connectivity index (χ1) is 14.1. The summed E-state index contributed by atoms with van der Waals surface area (Å²) in [7, 11) is -5.63. The second-order valence-electron chi connectivity index (χ2n) is 7.23. The average molecular weight is 444 g/mol. The van der Waals surface area contributed by atoms with Crippen molar-refractivity contribution in [2.24, 2.45) is 10.2 Å². The normalized spacial score (nSPS) is 17.8. The number of sulfonamides is 1. The van der Waals surface area contributed by atoms with Crippen LogP contribution in [0.25, 0.3) is 0 Å². The molecule has 2 aromatic rings. The highest BCUT2D eigenvalue weighted by atomic mass is 32.2. The van der Waals surface area contributed by atoms with Crippen molar-refractivity contribution in [2.75, 3.05) is 16.2 Å². The van der Waals surface area contributed by atoms with Crippen LogP contribution in [0.1, 0.15) is 37.1 Å². The number of benzene rings is 1. The van der Waals surface area contributed by atoms with E-state index in [1.807, 2.05) is 0 Å². The highest BCUT2D eigenvalue weighted by Crippen LogP contribution is 2.42. The van der Waals surface area contributed by atoms with Crippen molar-refractivity contribution in [2.45, 2.75) is 50.6 Å². The van der Waals surface area contributed by atoms with Crippen LogP contribution in [-0.4, -0.2) is 36.7 Å². The lowest BCUT2D eigenvalue weighted by atomic mass is 9.88. The van der Waals surface area contributed by atoms with Gasteiger partial charge in [0.1, 0.15) is 5.69 Å². The standard InChI is InChI=1S/C17H19F3N6O3S/c1-10-21-23-16(29-10)24-22-13-8-11-4-3-7-26(12-5-2-6-12)15(11)9-14(13)25-30(27,28)17(18,19)20/h8-9,12,25H,2-7H2,1H3. The third-order valence-electron chi connectivity index (χ3n) is 5.17. The van der Waals surface area contributed by atoms with Gasteiger partial charge in [0.2, 0.25) is 5.89 Å². The summed E-state index contributed by atoms with van der Waals surface area (Å²) in [4.78, 5) is 2.13.